The number of nitrogens with two attached hydrogens (primary N) is 2. The molecule has 1 atom stereocenters. The van der Waals surface area contributed by atoms with E-state index in [1.807, 2.05) is 0 Å². The van der Waals surface area contributed by atoms with Gasteiger partial charge in [0.05, 0.1) is 6.04 Å². The number of hydrogen-bond acceptors (Lipinski definition) is 3. The molecule has 7 heteroatoms. The van der Waals surface area contributed by atoms with E-state index in [-0.39, 0.29) is 11.9 Å². The Balaban J connectivity index is 2.19. The third kappa shape index (κ3) is 10.2. The molecule has 0 aromatic rings. The summed E-state index contributed by atoms with van der Waals surface area (Å²) in [6, 6.07) is -0.469. The summed E-state index contributed by atoms with van der Waals surface area (Å²) >= 11 is 0. The van der Waals surface area contributed by atoms with Crippen LogP contribution in [0.25, 0.3) is 0 Å². The van der Waals surface area contributed by atoms with Crippen molar-refractivity contribution in [3.63, 3.8) is 0 Å². The van der Waals surface area contributed by atoms with Crippen LogP contribution in [-0.4, -0.2) is 31.9 Å². The Hall–Kier alpha value is -1.24. The summed E-state index contributed by atoms with van der Waals surface area (Å²) in [5.74, 6) is 0.507. The van der Waals surface area contributed by atoms with Gasteiger partial charge in [0.1, 0.15) is 0 Å². The lowest BCUT2D eigenvalue weighted by Gasteiger charge is -2.19. The number of amides is 1. The van der Waals surface area contributed by atoms with Crippen molar-refractivity contribution < 1.29 is 4.79 Å². The van der Waals surface area contributed by atoms with Crippen molar-refractivity contribution in [3.05, 3.63) is 0 Å². The van der Waals surface area contributed by atoms with E-state index in [1.165, 1.54) is 57.8 Å². The number of rotatable bonds is 7. The topological polar surface area (TPSA) is 117 Å². The van der Waals surface area contributed by atoms with Crippen LogP contribution < -0.4 is 22.0 Å². The van der Waals surface area contributed by atoms with Gasteiger partial charge in [0, 0.05) is 6.54 Å². The quantitative estimate of drug-likeness (QED) is 0.210. The second-order valence-electron chi connectivity index (χ2n) is 6.75. The van der Waals surface area contributed by atoms with Gasteiger partial charge in [-0.2, -0.15) is 0 Å². The van der Waals surface area contributed by atoms with Gasteiger partial charge >= 0.3 is 0 Å². The smallest absolute Gasteiger partial charge is 0.239 e. The number of hydrogen-bond donors (Lipinski definition) is 5. The summed E-state index contributed by atoms with van der Waals surface area (Å²) in [6.45, 7) is 0.582. The zero-order valence-electron chi connectivity index (χ0n) is 14.4. The molecular weight excluding hydrogens is 289 g/mol. The fourth-order valence-corrected chi connectivity index (χ4v) is 3.15. The zero-order valence-corrected chi connectivity index (χ0v) is 14.4. The molecule has 1 fully saturated rings. The Morgan fingerprint density at radius 1 is 1.13 bits per heavy atom. The molecule has 0 aliphatic heterocycles. The molecule has 7 N–H and O–H groups in total. The van der Waals surface area contributed by atoms with E-state index in [1.54, 1.807) is 0 Å². The van der Waals surface area contributed by atoms with Gasteiger partial charge in [-0.05, 0) is 18.7 Å². The molecule has 6 nitrogen and oxygen atoms in total. The van der Waals surface area contributed by atoms with Gasteiger partial charge in [-0.15, -0.1) is 0 Å². The molecular formula is C16H34BN5O. The predicted molar refractivity (Wildman–Crippen MR) is 97.7 cm³/mol. The van der Waals surface area contributed by atoms with Crippen LogP contribution in [0.3, 0.4) is 0 Å². The average Bonchev–Trinajstić information content (AvgIpc) is 2.54. The van der Waals surface area contributed by atoms with Crippen LogP contribution in [-0.2, 0) is 4.79 Å². The van der Waals surface area contributed by atoms with Crippen molar-refractivity contribution in [2.45, 2.75) is 82.5 Å². The molecule has 1 amide bonds. The van der Waals surface area contributed by atoms with Crippen LogP contribution in [0.2, 0.25) is 5.82 Å². The summed E-state index contributed by atoms with van der Waals surface area (Å²) in [6.07, 6.45) is 13.1. The Morgan fingerprint density at radius 2 is 1.70 bits per heavy atom. The monoisotopic (exact) mass is 323 g/mol. The van der Waals surface area contributed by atoms with Crippen LogP contribution in [0.1, 0.15) is 70.6 Å². The van der Waals surface area contributed by atoms with E-state index in [4.69, 9.17) is 16.9 Å². The van der Waals surface area contributed by atoms with Gasteiger partial charge in [0.25, 0.3) is 0 Å². The van der Waals surface area contributed by atoms with Crippen LogP contribution in [0.4, 0.5) is 0 Å². The molecule has 0 aromatic heterocycles. The Morgan fingerprint density at radius 3 is 2.26 bits per heavy atom. The number of nitrogens with one attached hydrogen (secondary N) is 3. The molecule has 0 bridgehead atoms. The normalized spacial score (nSPS) is 18.7. The molecule has 1 saturated carbocycles. The third-order valence-corrected chi connectivity index (χ3v) is 4.63. The minimum Gasteiger partial charge on any atom is -0.401 e. The van der Waals surface area contributed by atoms with Crippen molar-refractivity contribution in [1.29, 1.82) is 5.41 Å². The second kappa shape index (κ2) is 12.2. The first kappa shape index (κ1) is 19.8. The van der Waals surface area contributed by atoms with Crippen molar-refractivity contribution in [3.8, 4) is 0 Å². The molecule has 0 spiro atoms. The molecule has 1 aliphatic carbocycles. The first-order chi connectivity index (χ1) is 11.1. The molecule has 0 radical (unpaired) electrons. The van der Waals surface area contributed by atoms with E-state index in [9.17, 15) is 4.79 Å². The average molecular weight is 323 g/mol. The van der Waals surface area contributed by atoms with Crippen molar-refractivity contribution in [2.75, 3.05) is 6.54 Å². The predicted octanol–water partition coefficient (Wildman–Crippen LogP) is 1.36. The van der Waals surface area contributed by atoms with E-state index in [0.29, 0.717) is 18.8 Å². The molecule has 0 unspecified atom stereocenters. The van der Waals surface area contributed by atoms with Crippen LogP contribution in [0, 0.1) is 5.41 Å². The number of guanidine groups is 1. The lowest BCUT2D eigenvalue weighted by molar-refractivity contribution is -0.120. The van der Waals surface area contributed by atoms with E-state index >= 15 is 0 Å². The van der Waals surface area contributed by atoms with Crippen molar-refractivity contribution >= 4 is 19.3 Å². The minimum absolute atomic E-state index is 0.0426. The van der Waals surface area contributed by atoms with Crippen LogP contribution in [0.5, 0.6) is 0 Å². The molecule has 0 saturated heterocycles. The highest BCUT2D eigenvalue weighted by Gasteiger charge is 2.17. The van der Waals surface area contributed by atoms with Crippen LogP contribution in [0.15, 0.2) is 0 Å². The fraction of sp³-hybridized carbons (Fsp3) is 0.875. The lowest BCUT2D eigenvalue weighted by atomic mass is 9.69. The van der Waals surface area contributed by atoms with Gasteiger partial charge in [-0.3, -0.25) is 10.2 Å². The summed E-state index contributed by atoms with van der Waals surface area (Å²) in [7, 11) is 0.762. The number of carbonyl (C=O) groups is 1. The van der Waals surface area contributed by atoms with Crippen molar-refractivity contribution in [2.24, 2.45) is 11.5 Å². The molecule has 0 aromatic carbocycles. The maximum absolute atomic E-state index is 12.1. The molecule has 132 valence electrons. The van der Waals surface area contributed by atoms with Gasteiger partial charge < -0.3 is 22.0 Å². The fourth-order valence-electron chi connectivity index (χ4n) is 3.15. The first-order valence-corrected chi connectivity index (χ1v) is 9.20. The highest BCUT2D eigenvalue weighted by atomic mass is 16.1. The minimum atomic E-state index is -0.469. The third-order valence-electron chi connectivity index (χ3n) is 4.63. The van der Waals surface area contributed by atoms with Gasteiger partial charge in [-0.1, -0.05) is 57.8 Å². The van der Waals surface area contributed by atoms with E-state index in [0.717, 1.165) is 13.8 Å². The number of carbonyl (C=O) groups excluding carboxylic acids is 1. The van der Waals surface area contributed by atoms with Crippen LogP contribution >= 0.6 is 0 Å². The maximum atomic E-state index is 12.1. The Bertz CT molecular complexity index is 343. The van der Waals surface area contributed by atoms with E-state index < -0.39 is 6.04 Å². The van der Waals surface area contributed by atoms with Gasteiger partial charge in [0.2, 0.25) is 13.3 Å². The Labute approximate surface area is 141 Å². The van der Waals surface area contributed by atoms with Gasteiger partial charge in [-0.25, -0.2) is 0 Å². The lowest BCUT2D eigenvalue weighted by Crippen LogP contribution is -2.43. The standard InChI is InChI=1S/C16H34BN5O/c18-14(11-8-12-21-16(19)20)15(23)22-17-13-9-6-4-2-1-3-5-7-10-13/h13-14,17H,1-12,18H2,(H,22,23)(H4,19,20,21)/t14-/m0/s1. The van der Waals surface area contributed by atoms with E-state index in [2.05, 4.69) is 10.5 Å². The zero-order chi connectivity index (χ0) is 16.9. The molecule has 1 rings (SSSR count). The summed E-state index contributed by atoms with van der Waals surface area (Å²) in [4.78, 5) is 12.1. The summed E-state index contributed by atoms with van der Waals surface area (Å²) in [5.41, 5.74) is 11.1. The largest absolute Gasteiger partial charge is 0.401 e. The molecule has 0 heterocycles. The molecule has 23 heavy (non-hydrogen) atoms. The summed E-state index contributed by atoms with van der Waals surface area (Å²) < 4.78 is 0. The second-order valence-corrected chi connectivity index (χ2v) is 6.75. The van der Waals surface area contributed by atoms with Crippen molar-refractivity contribution in [1.82, 2.24) is 10.5 Å². The highest BCUT2D eigenvalue weighted by Crippen LogP contribution is 2.24. The van der Waals surface area contributed by atoms with Gasteiger partial charge in [0.15, 0.2) is 5.96 Å². The summed E-state index contributed by atoms with van der Waals surface area (Å²) in [5, 5.41) is 12.8. The Kier molecular flexibility index (Phi) is 10.5. The molecule has 1 aliphatic rings. The maximum Gasteiger partial charge on any atom is 0.239 e. The highest BCUT2D eigenvalue weighted by molar-refractivity contribution is 6.39. The SMILES string of the molecule is N=C(N)NCCC[C@H](N)C(=O)NBC1CCCCCCCCC1. The first-order valence-electron chi connectivity index (χ1n) is 9.20.